The number of aromatic nitrogens is 3. The number of benzene rings is 1. The zero-order valence-electron chi connectivity index (χ0n) is 10.2. The van der Waals surface area contributed by atoms with E-state index < -0.39 is 0 Å². The van der Waals surface area contributed by atoms with Gasteiger partial charge in [0.1, 0.15) is 0 Å². The third kappa shape index (κ3) is 3.13. The third-order valence-electron chi connectivity index (χ3n) is 2.75. The minimum Gasteiger partial charge on any atom is -0.361 e. The number of thiazole rings is 1. The van der Waals surface area contributed by atoms with Crippen molar-refractivity contribution in [1.82, 2.24) is 14.8 Å². The summed E-state index contributed by atoms with van der Waals surface area (Å²) in [5.74, 6) is 0. The van der Waals surface area contributed by atoms with Gasteiger partial charge in [0.25, 0.3) is 0 Å². The number of aryl methyl sites for hydroxylation is 1. The van der Waals surface area contributed by atoms with Crippen molar-refractivity contribution >= 4 is 42.6 Å². The lowest BCUT2D eigenvalue weighted by atomic mass is 10.3. The van der Waals surface area contributed by atoms with E-state index >= 15 is 0 Å². The molecule has 1 N–H and O–H groups in total. The van der Waals surface area contributed by atoms with E-state index in [9.17, 15) is 0 Å². The van der Waals surface area contributed by atoms with Crippen LogP contribution in [0.3, 0.4) is 0 Å². The van der Waals surface area contributed by atoms with Gasteiger partial charge in [0.15, 0.2) is 5.13 Å². The molecule has 19 heavy (non-hydrogen) atoms. The van der Waals surface area contributed by atoms with E-state index in [0.29, 0.717) is 0 Å². The lowest BCUT2D eigenvalue weighted by Gasteiger charge is -2.02. The maximum absolute atomic E-state index is 4.56. The molecule has 0 fully saturated rings. The first-order chi connectivity index (χ1) is 9.31. The molecule has 4 nitrogen and oxygen atoms in total. The smallest absolute Gasteiger partial charge is 0.183 e. The number of halogens is 1. The van der Waals surface area contributed by atoms with Crippen LogP contribution in [-0.4, -0.2) is 21.3 Å². The molecule has 2 aromatic heterocycles. The van der Waals surface area contributed by atoms with Crippen LogP contribution in [0.2, 0.25) is 0 Å². The quantitative estimate of drug-likeness (QED) is 0.721. The topological polar surface area (TPSA) is 42.7 Å². The van der Waals surface area contributed by atoms with Crippen molar-refractivity contribution in [2.24, 2.45) is 0 Å². The first kappa shape index (κ1) is 12.6. The summed E-state index contributed by atoms with van der Waals surface area (Å²) < 4.78 is 4.21. The van der Waals surface area contributed by atoms with Crippen LogP contribution in [0.1, 0.15) is 6.42 Å². The zero-order valence-corrected chi connectivity index (χ0v) is 12.6. The molecule has 6 heteroatoms. The molecule has 0 bridgehead atoms. The lowest BCUT2D eigenvalue weighted by molar-refractivity contribution is 0.592. The van der Waals surface area contributed by atoms with Gasteiger partial charge in [0, 0.05) is 30.0 Å². The minimum atomic E-state index is 0.904. The molecule has 0 aliphatic carbocycles. The molecule has 3 aromatic rings. The average molecular weight is 337 g/mol. The maximum atomic E-state index is 4.56. The second-order valence-electron chi connectivity index (χ2n) is 4.18. The van der Waals surface area contributed by atoms with Gasteiger partial charge >= 0.3 is 0 Å². The van der Waals surface area contributed by atoms with Crippen LogP contribution in [0.4, 0.5) is 5.13 Å². The summed E-state index contributed by atoms with van der Waals surface area (Å²) in [7, 11) is 0. The Morgan fingerprint density at radius 3 is 3.16 bits per heavy atom. The summed E-state index contributed by atoms with van der Waals surface area (Å²) in [6, 6.07) is 8.12. The number of rotatable bonds is 5. The predicted octanol–water partition coefficient (Wildman–Crippen LogP) is 3.76. The fraction of sp³-hybridized carbons (Fsp3) is 0.231. The fourth-order valence-electron chi connectivity index (χ4n) is 1.85. The van der Waals surface area contributed by atoms with Crippen molar-refractivity contribution in [3.05, 3.63) is 41.1 Å². The second kappa shape index (κ2) is 5.71. The Hall–Kier alpha value is -1.40. The van der Waals surface area contributed by atoms with E-state index in [-0.39, 0.29) is 0 Å². The summed E-state index contributed by atoms with van der Waals surface area (Å²) >= 11 is 5.15. The molecule has 2 heterocycles. The van der Waals surface area contributed by atoms with Gasteiger partial charge in [-0.2, -0.15) is 5.10 Å². The third-order valence-corrected chi connectivity index (χ3v) is 4.24. The summed E-state index contributed by atoms with van der Waals surface area (Å²) in [5.41, 5.74) is 1.04. The second-order valence-corrected chi connectivity index (χ2v) is 6.13. The zero-order chi connectivity index (χ0) is 13.1. The Balaban J connectivity index is 1.56. The highest BCUT2D eigenvalue weighted by molar-refractivity contribution is 9.10. The van der Waals surface area contributed by atoms with Crippen molar-refractivity contribution in [2.45, 2.75) is 13.0 Å². The molecule has 3 rings (SSSR count). The molecule has 0 amide bonds. The van der Waals surface area contributed by atoms with Crippen molar-refractivity contribution < 1.29 is 0 Å². The Labute approximate surface area is 123 Å². The molecular formula is C13H13BrN4S. The number of nitrogens with zero attached hydrogens (tertiary/aromatic N) is 3. The fourth-order valence-corrected chi connectivity index (χ4v) is 3.07. The van der Waals surface area contributed by atoms with Crippen LogP contribution in [0.15, 0.2) is 41.1 Å². The van der Waals surface area contributed by atoms with Crippen molar-refractivity contribution in [3.63, 3.8) is 0 Å². The number of anilines is 1. The van der Waals surface area contributed by atoms with Crippen molar-refractivity contribution in [1.29, 1.82) is 0 Å². The molecular weight excluding hydrogens is 324 g/mol. The molecule has 0 atom stereocenters. The summed E-state index contributed by atoms with van der Waals surface area (Å²) in [4.78, 5) is 4.56. The van der Waals surface area contributed by atoms with Crippen LogP contribution < -0.4 is 5.32 Å². The molecule has 0 radical (unpaired) electrons. The molecule has 1 aromatic carbocycles. The van der Waals surface area contributed by atoms with E-state index in [1.54, 1.807) is 17.5 Å². The maximum Gasteiger partial charge on any atom is 0.183 e. The van der Waals surface area contributed by atoms with Gasteiger partial charge in [-0.3, -0.25) is 4.68 Å². The van der Waals surface area contributed by atoms with Crippen LogP contribution in [-0.2, 0) is 6.54 Å². The van der Waals surface area contributed by atoms with E-state index in [0.717, 1.165) is 34.6 Å². The molecule has 0 saturated heterocycles. The normalized spacial score (nSPS) is 11.0. The first-order valence-electron chi connectivity index (χ1n) is 6.09. The van der Waals surface area contributed by atoms with E-state index in [2.05, 4.69) is 37.4 Å². The van der Waals surface area contributed by atoms with Gasteiger partial charge in [-0.15, -0.1) is 0 Å². The van der Waals surface area contributed by atoms with Gasteiger partial charge < -0.3 is 5.32 Å². The van der Waals surface area contributed by atoms with Crippen molar-refractivity contribution in [2.75, 3.05) is 11.9 Å². The van der Waals surface area contributed by atoms with Crippen molar-refractivity contribution in [3.8, 4) is 0 Å². The first-order valence-corrected chi connectivity index (χ1v) is 7.69. The highest BCUT2D eigenvalue weighted by Gasteiger charge is 2.03. The number of hydrogen-bond donors (Lipinski definition) is 1. The summed E-state index contributed by atoms with van der Waals surface area (Å²) in [6.45, 7) is 1.83. The van der Waals surface area contributed by atoms with Crippen LogP contribution in [0.25, 0.3) is 10.2 Å². The SMILES string of the molecule is Brc1ccc2sc(NCCCn3cccn3)nc2c1. The molecule has 98 valence electrons. The minimum absolute atomic E-state index is 0.904. The number of fused-ring (bicyclic) bond motifs is 1. The molecule has 0 aliphatic rings. The summed E-state index contributed by atoms with van der Waals surface area (Å²) in [5, 5.41) is 8.52. The average Bonchev–Trinajstić information content (AvgIpc) is 3.02. The largest absolute Gasteiger partial charge is 0.361 e. The predicted molar refractivity (Wildman–Crippen MR) is 82.7 cm³/mol. The standard InChI is InChI=1S/C13H13BrN4S/c14-10-3-4-12-11(9-10)17-13(19-12)15-5-1-7-18-8-2-6-16-18/h2-4,6,8-9H,1,5,7H2,(H,15,17). The van der Waals surface area contributed by atoms with Crippen LogP contribution >= 0.6 is 27.3 Å². The van der Waals surface area contributed by atoms with E-state index in [4.69, 9.17) is 0 Å². The van der Waals surface area contributed by atoms with Crippen LogP contribution in [0, 0.1) is 0 Å². The molecule has 0 aliphatic heterocycles. The van der Waals surface area contributed by atoms with E-state index in [1.165, 1.54) is 4.70 Å². The molecule has 0 unspecified atom stereocenters. The lowest BCUT2D eigenvalue weighted by Crippen LogP contribution is -2.06. The number of nitrogens with one attached hydrogen (secondary N) is 1. The van der Waals surface area contributed by atoms with Gasteiger partial charge in [0.2, 0.25) is 0 Å². The van der Waals surface area contributed by atoms with Gasteiger partial charge in [-0.1, -0.05) is 27.3 Å². The van der Waals surface area contributed by atoms with Gasteiger partial charge in [0.05, 0.1) is 10.2 Å². The van der Waals surface area contributed by atoms with Crippen LogP contribution in [0.5, 0.6) is 0 Å². The van der Waals surface area contributed by atoms with Gasteiger partial charge in [-0.05, 0) is 30.7 Å². The Bertz CT molecular complexity index is 662. The Kier molecular flexibility index (Phi) is 3.79. The van der Waals surface area contributed by atoms with E-state index in [1.807, 2.05) is 29.1 Å². The highest BCUT2D eigenvalue weighted by Crippen LogP contribution is 2.27. The Morgan fingerprint density at radius 1 is 1.37 bits per heavy atom. The Morgan fingerprint density at radius 2 is 2.32 bits per heavy atom. The highest BCUT2D eigenvalue weighted by atomic mass is 79.9. The monoisotopic (exact) mass is 336 g/mol. The summed E-state index contributed by atoms with van der Waals surface area (Å²) in [6.07, 6.45) is 4.81. The molecule has 0 spiro atoms. The number of hydrogen-bond acceptors (Lipinski definition) is 4. The molecule has 0 saturated carbocycles. The van der Waals surface area contributed by atoms with Gasteiger partial charge in [-0.25, -0.2) is 4.98 Å².